The molecule has 0 bridgehead atoms. The number of hydrogen-bond acceptors (Lipinski definition) is 8. The van der Waals surface area contributed by atoms with Crippen LogP contribution in [0, 0.1) is 0 Å². The predicted molar refractivity (Wildman–Crippen MR) is 155 cm³/mol. The predicted octanol–water partition coefficient (Wildman–Crippen LogP) is 4.37. The molecule has 5 aromatic rings. The molecular formula is C30H34N8O. The number of piperidine rings is 1. The molecule has 0 spiro atoms. The lowest BCUT2D eigenvalue weighted by molar-refractivity contribution is 0.0247. The average Bonchev–Trinajstić information content (AvgIpc) is 3.41. The maximum Gasteiger partial charge on any atom is 0.230 e. The molecule has 0 saturated carbocycles. The second-order valence-electron chi connectivity index (χ2n) is 10.7. The summed E-state index contributed by atoms with van der Waals surface area (Å²) in [4.78, 5) is 16.9. The van der Waals surface area contributed by atoms with E-state index in [1.807, 2.05) is 36.5 Å². The number of aliphatic hydroxyl groups is 1. The highest BCUT2D eigenvalue weighted by atomic mass is 16.3. The fraction of sp³-hybridized carbons (Fsp3) is 0.333. The Labute approximate surface area is 227 Å². The Bertz CT molecular complexity index is 1620. The number of hydrogen-bond donors (Lipinski definition) is 3. The van der Waals surface area contributed by atoms with Crippen LogP contribution in [0.4, 0.5) is 11.9 Å². The third kappa shape index (κ3) is 4.91. The Morgan fingerprint density at radius 1 is 0.974 bits per heavy atom. The zero-order valence-electron chi connectivity index (χ0n) is 22.4. The van der Waals surface area contributed by atoms with Crippen LogP contribution in [0.5, 0.6) is 0 Å². The number of nitrogens with zero attached hydrogens (tertiary/aromatic N) is 6. The Hall–Kier alpha value is -4.08. The molecule has 1 aliphatic heterocycles. The number of anilines is 2. The van der Waals surface area contributed by atoms with Gasteiger partial charge in [0.05, 0.1) is 23.0 Å². The highest BCUT2D eigenvalue weighted by molar-refractivity contribution is 5.82. The molecule has 9 nitrogen and oxygen atoms in total. The second-order valence-corrected chi connectivity index (χ2v) is 10.7. The van der Waals surface area contributed by atoms with Gasteiger partial charge >= 0.3 is 0 Å². The molecule has 4 N–H and O–H groups in total. The first-order valence-corrected chi connectivity index (χ1v) is 13.6. The van der Waals surface area contributed by atoms with Gasteiger partial charge in [-0.15, -0.1) is 0 Å². The summed E-state index contributed by atoms with van der Waals surface area (Å²) in [6.07, 6.45) is 3.05. The van der Waals surface area contributed by atoms with E-state index in [1.54, 1.807) is 4.52 Å². The van der Waals surface area contributed by atoms with E-state index in [0.717, 1.165) is 38.9 Å². The lowest BCUT2D eigenvalue weighted by Crippen LogP contribution is -2.49. The van der Waals surface area contributed by atoms with Crippen molar-refractivity contribution in [3.05, 3.63) is 78.0 Å². The summed E-state index contributed by atoms with van der Waals surface area (Å²) < 4.78 is 1.79. The minimum absolute atomic E-state index is 0.263. The summed E-state index contributed by atoms with van der Waals surface area (Å²) in [5.41, 5.74) is 10.9. The van der Waals surface area contributed by atoms with Crippen molar-refractivity contribution < 1.29 is 5.11 Å². The lowest BCUT2D eigenvalue weighted by atomic mass is 9.92. The van der Waals surface area contributed by atoms with Gasteiger partial charge in [-0.05, 0) is 36.5 Å². The summed E-state index contributed by atoms with van der Waals surface area (Å²) in [6.45, 7) is 6.37. The SMILES string of the molecule is CC(C)c1cnn2c(NCc3ccccc3-c3ccc4ccccc4n3)nc(N3CCC(O)(CN)CC3)nc12. The molecule has 6 rings (SSSR count). The van der Waals surface area contributed by atoms with E-state index in [0.29, 0.717) is 44.4 Å². The van der Waals surface area contributed by atoms with Crippen LogP contribution in [0.25, 0.3) is 27.8 Å². The van der Waals surface area contributed by atoms with Crippen molar-refractivity contribution in [3.8, 4) is 11.3 Å². The summed E-state index contributed by atoms with van der Waals surface area (Å²) in [5, 5.41) is 19.9. The summed E-state index contributed by atoms with van der Waals surface area (Å²) >= 11 is 0. The number of fused-ring (bicyclic) bond motifs is 2. The number of pyridine rings is 1. The quantitative estimate of drug-likeness (QED) is 0.289. The fourth-order valence-electron chi connectivity index (χ4n) is 5.19. The molecule has 0 aliphatic carbocycles. The summed E-state index contributed by atoms with van der Waals surface area (Å²) in [6, 6.07) is 20.6. The van der Waals surface area contributed by atoms with Gasteiger partial charge in [-0.3, -0.25) is 0 Å². The Morgan fingerprint density at radius 3 is 2.54 bits per heavy atom. The van der Waals surface area contributed by atoms with Gasteiger partial charge in [0, 0.05) is 42.7 Å². The monoisotopic (exact) mass is 522 g/mol. The number of nitrogens with one attached hydrogen (secondary N) is 1. The highest BCUT2D eigenvalue weighted by Crippen LogP contribution is 2.29. The number of rotatable bonds is 7. The van der Waals surface area contributed by atoms with Crippen LogP contribution >= 0.6 is 0 Å². The number of nitrogens with two attached hydrogens (primary N) is 1. The van der Waals surface area contributed by atoms with E-state index in [-0.39, 0.29) is 12.5 Å². The van der Waals surface area contributed by atoms with Gasteiger partial charge < -0.3 is 21.1 Å². The van der Waals surface area contributed by atoms with Gasteiger partial charge in [0.15, 0.2) is 5.65 Å². The third-order valence-electron chi connectivity index (χ3n) is 7.69. The summed E-state index contributed by atoms with van der Waals surface area (Å²) in [5.74, 6) is 1.53. The lowest BCUT2D eigenvalue weighted by Gasteiger charge is -2.37. The van der Waals surface area contributed by atoms with Gasteiger partial charge in [-0.2, -0.15) is 19.6 Å². The van der Waals surface area contributed by atoms with Crippen LogP contribution in [-0.2, 0) is 6.54 Å². The number of benzene rings is 2. The van der Waals surface area contributed by atoms with Gasteiger partial charge in [-0.1, -0.05) is 62.4 Å². The first-order valence-electron chi connectivity index (χ1n) is 13.6. The molecular weight excluding hydrogens is 488 g/mol. The maximum absolute atomic E-state index is 10.6. The van der Waals surface area contributed by atoms with Crippen molar-refractivity contribution in [2.45, 2.75) is 44.8 Å². The molecule has 0 unspecified atom stereocenters. The Kier molecular flexibility index (Phi) is 6.62. The minimum atomic E-state index is -0.818. The first-order chi connectivity index (χ1) is 18.9. The third-order valence-corrected chi connectivity index (χ3v) is 7.69. The highest BCUT2D eigenvalue weighted by Gasteiger charge is 2.32. The first kappa shape index (κ1) is 25.2. The van der Waals surface area contributed by atoms with Gasteiger partial charge in [-0.25, -0.2) is 4.98 Å². The van der Waals surface area contributed by atoms with Crippen molar-refractivity contribution in [2.24, 2.45) is 5.73 Å². The number of para-hydroxylation sites is 1. The Balaban J connectivity index is 1.33. The molecule has 200 valence electrons. The van der Waals surface area contributed by atoms with Crippen molar-refractivity contribution in [3.63, 3.8) is 0 Å². The van der Waals surface area contributed by atoms with E-state index in [1.165, 1.54) is 0 Å². The smallest absolute Gasteiger partial charge is 0.230 e. The van der Waals surface area contributed by atoms with E-state index in [4.69, 9.17) is 20.7 Å². The van der Waals surface area contributed by atoms with Crippen molar-refractivity contribution >= 4 is 28.4 Å². The van der Waals surface area contributed by atoms with Crippen molar-refractivity contribution in [1.82, 2.24) is 24.6 Å². The molecule has 1 aliphatic rings. The average molecular weight is 523 g/mol. The zero-order valence-corrected chi connectivity index (χ0v) is 22.4. The standard InChI is InChI=1S/C30H34N8O/c1-20(2)24-18-33-38-27(24)35-29(37-15-13-30(39,19-31)14-16-37)36-28(38)32-17-22-8-3-5-9-23(22)26-12-11-21-7-4-6-10-25(21)34-26/h3-12,18,20,39H,13-17,19,31H2,1-2H3,(H,32,35,36). The molecule has 1 fully saturated rings. The van der Waals surface area contributed by atoms with Crippen LogP contribution in [0.2, 0.25) is 0 Å². The van der Waals surface area contributed by atoms with Crippen LogP contribution in [0.1, 0.15) is 43.7 Å². The van der Waals surface area contributed by atoms with Crippen LogP contribution in [-0.4, -0.2) is 54.9 Å². The molecule has 0 amide bonds. The minimum Gasteiger partial charge on any atom is -0.388 e. The van der Waals surface area contributed by atoms with E-state index >= 15 is 0 Å². The molecule has 0 atom stereocenters. The zero-order chi connectivity index (χ0) is 27.0. The van der Waals surface area contributed by atoms with Crippen LogP contribution < -0.4 is 16.0 Å². The molecule has 3 aromatic heterocycles. The molecule has 1 saturated heterocycles. The molecule has 9 heteroatoms. The van der Waals surface area contributed by atoms with Gasteiger partial charge in [0.2, 0.25) is 11.9 Å². The maximum atomic E-state index is 10.6. The summed E-state index contributed by atoms with van der Waals surface area (Å²) in [7, 11) is 0. The molecule has 4 heterocycles. The number of aromatic nitrogens is 5. The molecule has 0 radical (unpaired) electrons. The van der Waals surface area contributed by atoms with Crippen LogP contribution in [0.15, 0.2) is 66.9 Å². The second kappa shape index (κ2) is 10.2. The van der Waals surface area contributed by atoms with E-state index in [2.05, 4.69) is 59.5 Å². The molecule has 39 heavy (non-hydrogen) atoms. The van der Waals surface area contributed by atoms with Gasteiger partial charge in [0.1, 0.15) is 0 Å². The fourth-order valence-corrected chi connectivity index (χ4v) is 5.19. The normalized spacial score (nSPS) is 15.4. The van der Waals surface area contributed by atoms with Gasteiger partial charge in [0.25, 0.3) is 0 Å². The molecule has 2 aromatic carbocycles. The van der Waals surface area contributed by atoms with E-state index in [9.17, 15) is 5.11 Å². The van der Waals surface area contributed by atoms with Crippen molar-refractivity contribution in [1.29, 1.82) is 0 Å². The van der Waals surface area contributed by atoms with E-state index < -0.39 is 5.60 Å². The largest absolute Gasteiger partial charge is 0.388 e. The van der Waals surface area contributed by atoms with Crippen molar-refractivity contribution in [2.75, 3.05) is 29.9 Å². The topological polar surface area (TPSA) is 117 Å². The Morgan fingerprint density at radius 2 is 1.74 bits per heavy atom. The van der Waals surface area contributed by atoms with Crippen LogP contribution in [0.3, 0.4) is 0 Å².